The predicted molar refractivity (Wildman–Crippen MR) is 58.7 cm³/mol. The standard InChI is InChI=1S/C10H5BrF3NO3/c11-5-2-6-7(18-3-8(16)15-6)1-4(5)9(17)10(12,13)14/h1-2H,3H2,(H,15,16). The summed E-state index contributed by atoms with van der Waals surface area (Å²) in [4.78, 5) is 22.2. The maximum absolute atomic E-state index is 12.3. The Labute approximate surface area is 107 Å². The molecule has 0 aliphatic carbocycles. The number of Topliss-reactive ketones (excluding diaryl/α,β-unsaturated/α-hetero) is 1. The van der Waals surface area contributed by atoms with Crippen LogP contribution in [0.15, 0.2) is 16.6 Å². The number of fused-ring (bicyclic) bond motifs is 1. The normalized spacial score (nSPS) is 14.6. The largest absolute Gasteiger partial charge is 0.482 e. The first kappa shape index (κ1) is 12.9. The minimum atomic E-state index is -4.96. The molecule has 0 aromatic heterocycles. The van der Waals surface area contributed by atoms with E-state index >= 15 is 0 Å². The van der Waals surface area contributed by atoms with E-state index in [2.05, 4.69) is 21.2 Å². The smallest absolute Gasteiger partial charge is 0.454 e. The van der Waals surface area contributed by atoms with Crippen molar-refractivity contribution in [2.75, 3.05) is 11.9 Å². The lowest BCUT2D eigenvalue weighted by Gasteiger charge is -2.19. The first-order valence-electron chi connectivity index (χ1n) is 4.67. The van der Waals surface area contributed by atoms with E-state index in [1.807, 2.05) is 0 Å². The third-order valence-corrected chi connectivity index (χ3v) is 2.86. The van der Waals surface area contributed by atoms with Crippen molar-refractivity contribution in [1.29, 1.82) is 0 Å². The summed E-state index contributed by atoms with van der Waals surface area (Å²) in [6, 6.07) is 2.15. The molecule has 0 fully saturated rings. The van der Waals surface area contributed by atoms with Gasteiger partial charge in [-0.25, -0.2) is 0 Å². The summed E-state index contributed by atoms with van der Waals surface area (Å²) in [5, 5.41) is 2.42. The molecule has 18 heavy (non-hydrogen) atoms. The Bertz CT molecular complexity index is 542. The van der Waals surface area contributed by atoms with E-state index in [4.69, 9.17) is 4.74 Å². The second-order valence-corrected chi connectivity index (χ2v) is 4.35. The summed E-state index contributed by atoms with van der Waals surface area (Å²) in [6.07, 6.45) is -4.96. The van der Waals surface area contributed by atoms with Gasteiger partial charge in [-0.3, -0.25) is 9.59 Å². The molecule has 1 heterocycles. The van der Waals surface area contributed by atoms with E-state index in [0.717, 1.165) is 6.07 Å². The number of alkyl halides is 3. The number of hydrogen-bond donors (Lipinski definition) is 1. The van der Waals surface area contributed by atoms with Gasteiger partial charge in [-0.05, 0) is 28.1 Å². The first-order valence-corrected chi connectivity index (χ1v) is 5.46. The highest BCUT2D eigenvalue weighted by atomic mass is 79.9. The van der Waals surface area contributed by atoms with Gasteiger partial charge < -0.3 is 10.1 Å². The maximum atomic E-state index is 12.3. The van der Waals surface area contributed by atoms with Crippen LogP contribution in [0.4, 0.5) is 18.9 Å². The zero-order valence-electron chi connectivity index (χ0n) is 8.60. The van der Waals surface area contributed by atoms with Crippen molar-refractivity contribution in [3.05, 3.63) is 22.2 Å². The van der Waals surface area contributed by atoms with Gasteiger partial charge in [-0.2, -0.15) is 13.2 Å². The van der Waals surface area contributed by atoms with Gasteiger partial charge in [0.25, 0.3) is 11.7 Å². The molecule has 4 nitrogen and oxygen atoms in total. The van der Waals surface area contributed by atoms with Gasteiger partial charge in [0.05, 0.1) is 5.69 Å². The van der Waals surface area contributed by atoms with E-state index < -0.39 is 23.4 Å². The van der Waals surface area contributed by atoms with Crippen molar-refractivity contribution in [3.8, 4) is 5.75 Å². The third-order valence-electron chi connectivity index (χ3n) is 2.20. The topological polar surface area (TPSA) is 55.4 Å². The van der Waals surface area contributed by atoms with Gasteiger partial charge in [0.1, 0.15) is 5.75 Å². The summed E-state index contributed by atoms with van der Waals surface area (Å²) in [5.74, 6) is -2.35. The second-order valence-electron chi connectivity index (χ2n) is 3.49. The van der Waals surface area contributed by atoms with Crippen molar-refractivity contribution in [2.45, 2.75) is 6.18 Å². The van der Waals surface area contributed by atoms with Crippen LogP contribution in [0, 0.1) is 0 Å². The molecule has 0 bridgehead atoms. The molecule has 1 amide bonds. The zero-order valence-corrected chi connectivity index (χ0v) is 10.2. The number of amides is 1. The minimum Gasteiger partial charge on any atom is -0.482 e. The van der Waals surface area contributed by atoms with E-state index in [9.17, 15) is 22.8 Å². The Morgan fingerprint density at radius 2 is 2.06 bits per heavy atom. The van der Waals surface area contributed by atoms with E-state index in [-0.39, 0.29) is 22.5 Å². The Morgan fingerprint density at radius 3 is 2.67 bits per heavy atom. The van der Waals surface area contributed by atoms with Crippen LogP contribution in [0.25, 0.3) is 0 Å². The number of benzene rings is 1. The molecule has 96 valence electrons. The highest BCUT2D eigenvalue weighted by molar-refractivity contribution is 9.10. The Balaban J connectivity index is 2.46. The summed E-state index contributed by atoms with van der Waals surface area (Å²) in [6.45, 7) is -0.297. The molecule has 0 atom stereocenters. The quantitative estimate of drug-likeness (QED) is 0.808. The summed E-state index contributed by atoms with van der Waals surface area (Å²) < 4.78 is 41.9. The molecular weight excluding hydrogens is 319 g/mol. The number of hydrogen-bond acceptors (Lipinski definition) is 3. The van der Waals surface area contributed by atoms with Gasteiger partial charge in [0.2, 0.25) is 0 Å². The van der Waals surface area contributed by atoms with E-state index in [1.54, 1.807) is 0 Å². The van der Waals surface area contributed by atoms with E-state index in [0.29, 0.717) is 0 Å². The highest BCUT2D eigenvalue weighted by Crippen LogP contribution is 2.36. The fourth-order valence-electron chi connectivity index (χ4n) is 1.43. The van der Waals surface area contributed by atoms with Crippen molar-refractivity contribution in [3.63, 3.8) is 0 Å². The number of ether oxygens (including phenoxy) is 1. The van der Waals surface area contributed by atoms with Crippen LogP contribution in [0.1, 0.15) is 10.4 Å². The Hall–Kier alpha value is -1.57. The third kappa shape index (κ3) is 2.33. The van der Waals surface area contributed by atoms with Crippen LogP contribution in [0.5, 0.6) is 5.75 Å². The average Bonchev–Trinajstić information content (AvgIpc) is 2.25. The number of nitrogens with one attached hydrogen (secondary N) is 1. The lowest BCUT2D eigenvalue weighted by molar-refractivity contribution is -0.118. The number of anilines is 1. The summed E-state index contributed by atoms with van der Waals surface area (Å²) >= 11 is 2.86. The molecule has 0 unspecified atom stereocenters. The first-order chi connectivity index (χ1) is 8.29. The fourth-order valence-corrected chi connectivity index (χ4v) is 1.95. The molecule has 1 aliphatic heterocycles. The van der Waals surface area contributed by atoms with Crippen molar-refractivity contribution >= 4 is 33.3 Å². The van der Waals surface area contributed by atoms with Gasteiger partial charge in [-0.15, -0.1) is 0 Å². The molecular formula is C10H5BrF3NO3. The molecule has 0 spiro atoms. The lowest BCUT2D eigenvalue weighted by atomic mass is 10.1. The van der Waals surface area contributed by atoms with Gasteiger partial charge in [0, 0.05) is 10.0 Å². The van der Waals surface area contributed by atoms with Crippen molar-refractivity contribution < 1.29 is 27.5 Å². The van der Waals surface area contributed by atoms with Gasteiger partial charge in [0.15, 0.2) is 6.61 Å². The van der Waals surface area contributed by atoms with Gasteiger partial charge >= 0.3 is 6.18 Å². The molecule has 1 aromatic rings. The molecule has 0 saturated heterocycles. The second kappa shape index (κ2) is 4.27. The molecule has 1 aromatic carbocycles. The Morgan fingerprint density at radius 1 is 1.39 bits per heavy atom. The van der Waals surface area contributed by atoms with Crippen LogP contribution < -0.4 is 10.1 Å². The average molecular weight is 324 g/mol. The van der Waals surface area contributed by atoms with Crippen LogP contribution in [0.3, 0.4) is 0 Å². The predicted octanol–water partition coefficient (Wildman–Crippen LogP) is 2.53. The van der Waals surface area contributed by atoms with Crippen LogP contribution in [-0.2, 0) is 4.79 Å². The monoisotopic (exact) mass is 323 g/mol. The number of halogens is 4. The number of carbonyl (C=O) groups excluding carboxylic acids is 2. The molecule has 8 heteroatoms. The fraction of sp³-hybridized carbons (Fsp3) is 0.200. The van der Waals surface area contributed by atoms with Crippen molar-refractivity contribution in [1.82, 2.24) is 0 Å². The number of ketones is 1. The van der Waals surface area contributed by atoms with Crippen LogP contribution >= 0.6 is 15.9 Å². The molecule has 2 rings (SSSR count). The summed E-state index contributed by atoms with van der Waals surface area (Å²) in [5.41, 5.74) is -0.339. The van der Waals surface area contributed by atoms with Crippen LogP contribution in [-0.4, -0.2) is 24.5 Å². The van der Waals surface area contributed by atoms with Crippen molar-refractivity contribution in [2.24, 2.45) is 0 Å². The lowest BCUT2D eigenvalue weighted by Crippen LogP contribution is -2.27. The minimum absolute atomic E-state index is 0.0328. The molecule has 0 radical (unpaired) electrons. The molecule has 1 aliphatic rings. The number of carbonyl (C=O) groups is 2. The van der Waals surface area contributed by atoms with Crippen LogP contribution in [0.2, 0.25) is 0 Å². The zero-order chi connectivity index (χ0) is 13.5. The maximum Gasteiger partial charge on any atom is 0.454 e. The van der Waals surface area contributed by atoms with E-state index in [1.165, 1.54) is 6.07 Å². The summed E-state index contributed by atoms with van der Waals surface area (Å²) in [7, 11) is 0. The SMILES string of the molecule is O=C1COc2cc(C(=O)C(F)(F)F)c(Br)cc2N1. The number of rotatable bonds is 1. The molecule has 1 N–H and O–H groups in total. The Kier molecular flexibility index (Phi) is 3.05. The molecule has 0 saturated carbocycles. The van der Waals surface area contributed by atoms with Gasteiger partial charge in [-0.1, -0.05) is 0 Å². The highest BCUT2D eigenvalue weighted by Gasteiger charge is 2.40.